The van der Waals surface area contributed by atoms with Crippen LogP contribution in [0.2, 0.25) is 0 Å². The highest BCUT2D eigenvalue weighted by atomic mass is 79.9. The first-order valence-electron chi connectivity index (χ1n) is 7.10. The van der Waals surface area contributed by atoms with Gasteiger partial charge in [0.25, 0.3) is 0 Å². The SMILES string of the molecule is CCOc1ccccc1OCCNCc1ccccc1Br. The molecule has 0 aliphatic carbocycles. The lowest BCUT2D eigenvalue weighted by atomic mass is 10.2. The average molecular weight is 350 g/mol. The van der Waals surface area contributed by atoms with Crippen molar-refractivity contribution in [3.63, 3.8) is 0 Å². The minimum Gasteiger partial charge on any atom is -0.490 e. The molecule has 21 heavy (non-hydrogen) atoms. The van der Waals surface area contributed by atoms with E-state index in [0.29, 0.717) is 13.2 Å². The molecule has 3 nitrogen and oxygen atoms in total. The van der Waals surface area contributed by atoms with Crippen molar-refractivity contribution in [2.75, 3.05) is 19.8 Å². The van der Waals surface area contributed by atoms with Crippen molar-refractivity contribution in [2.24, 2.45) is 0 Å². The minimum atomic E-state index is 0.606. The molecule has 0 bridgehead atoms. The zero-order valence-electron chi connectivity index (χ0n) is 12.1. The molecule has 0 heterocycles. The van der Waals surface area contributed by atoms with Crippen LogP contribution in [0.5, 0.6) is 11.5 Å². The van der Waals surface area contributed by atoms with Gasteiger partial charge < -0.3 is 14.8 Å². The van der Waals surface area contributed by atoms with Crippen LogP contribution in [-0.2, 0) is 6.54 Å². The Hall–Kier alpha value is -1.52. The highest BCUT2D eigenvalue weighted by Crippen LogP contribution is 2.26. The molecular formula is C17H20BrNO2. The Labute approximate surface area is 134 Å². The molecule has 0 saturated heterocycles. The van der Waals surface area contributed by atoms with Gasteiger partial charge in [0, 0.05) is 17.6 Å². The monoisotopic (exact) mass is 349 g/mol. The molecule has 2 rings (SSSR count). The Kier molecular flexibility index (Phi) is 6.57. The van der Waals surface area contributed by atoms with Gasteiger partial charge in [-0.3, -0.25) is 0 Å². The van der Waals surface area contributed by atoms with E-state index in [1.54, 1.807) is 0 Å². The zero-order valence-corrected chi connectivity index (χ0v) is 13.7. The second-order valence-corrected chi connectivity index (χ2v) is 5.35. The van der Waals surface area contributed by atoms with Crippen molar-refractivity contribution in [1.82, 2.24) is 5.32 Å². The Morgan fingerprint density at radius 2 is 1.62 bits per heavy atom. The standard InChI is InChI=1S/C17H20BrNO2/c1-2-20-16-9-5-6-10-17(16)21-12-11-19-13-14-7-3-4-8-15(14)18/h3-10,19H,2,11-13H2,1H3. The van der Waals surface area contributed by atoms with E-state index in [2.05, 4.69) is 27.3 Å². The smallest absolute Gasteiger partial charge is 0.161 e. The van der Waals surface area contributed by atoms with Gasteiger partial charge in [0.2, 0.25) is 0 Å². The molecule has 1 N–H and O–H groups in total. The van der Waals surface area contributed by atoms with Gasteiger partial charge in [0.1, 0.15) is 6.61 Å². The van der Waals surface area contributed by atoms with Crippen LogP contribution < -0.4 is 14.8 Å². The van der Waals surface area contributed by atoms with Gasteiger partial charge in [-0.25, -0.2) is 0 Å². The Balaban J connectivity index is 1.74. The van der Waals surface area contributed by atoms with E-state index in [9.17, 15) is 0 Å². The van der Waals surface area contributed by atoms with Crippen molar-refractivity contribution in [2.45, 2.75) is 13.5 Å². The third-order valence-corrected chi connectivity index (χ3v) is 3.73. The van der Waals surface area contributed by atoms with Crippen molar-refractivity contribution in [3.8, 4) is 11.5 Å². The first-order chi connectivity index (χ1) is 10.3. The summed E-state index contributed by atoms with van der Waals surface area (Å²) < 4.78 is 12.4. The number of rotatable bonds is 8. The second-order valence-electron chi connectivity index (χ2n) is 4.50. The van der Waals surface area contributed by atoms with Gasteiger partial charge in [0.15, 0.2) is 11.5 Å². The molecule has 2 aromatic rings. The lowest BCUT2D eigenvalue weighted by Crippen LogP contribution is -2.20. The normalized spacial score (nSPS) is 10.4. The molecule has 0 aromatic heterocycles. The average Bonchev–Trinajstić information content (AvgIpc) is 2.50. The van der Waals surface area contributed by atoms with E-state index < -0.39 is 0 Å². The molecule has 4 heteroatoms. The molecule has 0 atom stereocenters. The number of hydrogen-bond acceptors (Lipinski definition) is 3. The van der Waals surface area contributed by atoms with Gasteiger partial charge in [-0.05, 0) is 30.7 Å². The summed E-state index contributed by atoms with van der Waals surface area (Å²) in [6.07, 6.45) is 0. The summed E-state index contributed by atoms with van der Waals surface area (Å²) in [7, 11) is 0. The van der Waals surface area contributed by atoms with Crippen LogP contribution in [0.3, 0.4) is 0 Å². The highest BCUT2D eigenvalue weighted by molar-refractivity contribution is 9.10. The van der Waals surface area contributed by atoms with Crippen molar-refractivity contribution < 1.29 is 9.47 Å². The van der Waals surface area contributed by atoms with Crippen LogP contribution in [0.15, 0.2) is 53.0 Å². The summed E-state index contributed by atoms with van der Waals surface area (Å²) in [5, 5.41) is 3.37. The Bertz CT molecular complexity index is 560. The summed E-state index contributed by atoms with van der Waals surface area (Å²) >= 11 is 3.54. The number of nitrogens with one attached hydrogen (secondary N) is 1. The third-order valence-electron chi connectivity index (χ3n) is 2.96. The summed E-state index contributed by atoms with van der Waals surface area (Å²) in [5.41, 5.74) is 1.24. The summed E-state index contributed by atoms with van der Waals surface area (Å²) in [5.74, 6) is 1.59. The summed E-state index contributed by atoms with van der Waals surface area (Å²) in [6.45, 7) is 4.81. The number of benzene rings is 2. The first-order valence-corrected chi connectivity index (χ1v) is 7.89. The molecule has 2 aromatic carbocycles. The minimum absolute atomic E-state index is 0.606. The molecule has 0 saturated carbocycles. The fraction of sp³-hybridized carbons (Fsp3) is 0.294. The Morgan fingerprint density at radius 1 is 0.952 bits per heavy atom. The molecule has 0 fully saturated rings. The van der Waals surface area contributed by atoms with Gasteiger partial charge in [0.05, 0.1) is 6.61 Å². The van der Waals surface area contributed by atoms with Crippen LogP contribution in [0, 0.1) is 0 Å². The lowest BCUT2D eigenvalue weighted by molar-refractivity contribution is 0.275. The molecule has 0 unspecified atom stereocenters. The van der Waals surface area contributed by atoms with Gasteiger partial charge in [-0.2, -0.15) is 0 Å². The molecular weight excluding hydrogens is 330 g/mol. The van der Waals surface area contributed by atoms with Gasteiger partial charge in [-0.15, -0.1) is 0 Å². The third kappa shape index (κ3) is 5.06. The quantitative estimate of drug-likeness (QED) is 0.730. The van der Waals surface area contributed by atoms with Gasteiger partial charge in [-0.1, -0.05) is 46.3 Å². The van der Waals surface area contributed by atoms with Crippen LogP contribution in [0.4, 0.5) is 0 Å². The van der Waals surface area contributed by atoms with E-state index in [-0.39, 0.29) is 0 Å². The maximum atomic E-state index is 5.76. The molecule has 0 amide bonds. The fourth-order valence-corrected chi connectivity index (χ4v) is 2.37. The van der Waals surface area contributed by atoms with E-state index in [1.165, 1.54) is 5.56 Å². The Morgan fingerprint density at radius 3 is 2.33 bits per heavy atom. The van der Waals surface area contributed by atoms with Crippen LogP contribution in [0.1, 0.15) is 12.5 Å². The van der Waals surface area contributed by atoms with Gasteiger partial charge >= 0.3 is 0 Å². The maximum Gasteiger partial charge on any atom is 0.161 e. The molecule has 112 valence electrons. The second kappa shape index (κ2) is 8.70. The predicted octanol–water partition coefficient (Wildman–Crippen LogP) is 4.02. The van der Waals surface area contributed by atoms with E-state index in [1.807, 2.05) is 49.4 Å². The topological polar surface area (TPSA) is 30.5 Å². The highest BCUT2D eigenvalue weighted by Gasteiger charge is 2.03. The summed E-state index contributed by atoms with van der Waals surface area (Å²) in [4.78, 5) is 0. The van der Waals surface area contributed by atoms with Crippen LogP contribution in [-0.4, -0.2) is 19.8 Å². The van der Waals surface area contributed by atoms with Crippen molar-refractivity contribution >= 4 is 15.9 Å². The fourth-order valence-electron chi connectivity index (χ4n) is 1.94. The zero-order chi connectivity index (χ0) is 14.9. The predicted molar refractivity (Wildman–Crippen MR) is 89.0 cm³/mol. The van der Waals surface area contributed by atoms with Crippen molar-refractivity contribution in [1.29, 1.82) is 0 Å². The van der Waals surface area contributed by atoms with Crippen molar-refractivity contribution in [3.05, 3.63) is 58.6 Å². The van der Waals surface area contributed by atoms with Crippen LogP contribution in [0.25, 0.3) is 0 Å². The van der Waals surface area contributed by atoms with E-state index in [0.717, 1.165) is 29.1 Å². The number of para-hydroxylation sites is 2. The summed E-state index contributed by atoms with van der Waals surface area (Å²) in [6, 6.07) is 16.0. The lowest BCUT2D eigenvalue weighted by Gasteiger charge is -2.12. The number of halogens is 1. The number of ether oxygens (including phenoxy) is 2. The molecule has 0 aliphatic rings. The first kappa shape index (κ1) is 15.9. The van der Waals surface area contributed by atoms with E-state index >= 15 is 0 Å². The number of hydrogen-bond donors (Lipinski definition) is 1. The largest absolute Gasteiger partial charge is 0.490 e. The maximum absolute atomic E-state index is 5.76. The molecule has 0 spiro atoms. The molecule has 0 radical (unpaired) electrons. The van der Waals surface area contributed by atoms with Crippen LogP contribution >= 0.6 is 15.9 Å². The van der Waals surface area contributed by atoms with E-state index in [4.69, 9.17) is 9.47 Å². The molecule has 0 aliphatic heterocycles.